The van der Waals surface area contributed by atoms with Crippen LogP contribution in [0.25, 0.3) is 0 Å². The molecule has 4 heterocycles. The summed E-state index contributed by atoms with van der Waals surface area (Å²) in [7, 11) is 0. The fourth-order valence-corrected chi connectivity index (χ4v) is 4.53. The van der Waals surface area contributed by atoms with E-state index in [0.29, 0.717) is 17.7 Å². The lowest BCUT2D eigenvalue weighted by atomic mass is 10.1. The lowest BCUT2D eigenvalue weighted by Crippen LogP contribution is -2.47. The monoisotopic (exact) mass is 436 g/mol. The van der Waals surface area contributed by atoms with Crippen molar-refractivity contribution in [2.24, 2.45) is 0 Å². The van der Waals surface area contributed by atoms with Crippen molar-refractivity contribution < 1.29 is 14.3 Å². The van der Waals surface area contributed by atoms with Crippen molar-refractivity contribution >= 4 is 23.6 Å². The first-order chi connectivity index (χ1) is 15.7. The fraction of sp³-hybridized carbons (Fsp3) is 0.478. The van der Waals surface area contributed by atoms with Gasteiger partial charge in [0.15, 0.2) is 0 Å². The van der Waals surface area contributed by atoms with Crippen LogP contribution in [0.15, 0.2) is 36.5 Å². The normalized spacial score (nSPS) is 19.6. The van der Waals surface area contributed by atoms with Crippen molar-refractivity contribution in [1.82, 2.24) is 19.8 Å². The molecule has 0 radical (unpaired) electrons. The van der Waals surface area contributed by atoms with Gasteiger partial charge < -0.3 is 14.5 Å². The summed E-state index contributed by atoms with van der Waals surface area (Å²) in [6, 6.07) is 9.01. The number of hydrogen-bond acceptors (Lipinski definition) is 8. The Kier molecular flexibility index (Phi) is 6.00. The van der Waals surface area contributed by atoms with E-state index < -0.39 is 0 Å². The minimum atomic E-state index is -0.173. The summed E-state index contributed by atoms with van der Waals surface area (Å²) in [5, 5.41) is 0. The first-order valence-electron chi connectivity index (χ1n) is 11.3. The maximum Gasteiger partial charge on any atom is 0.261 e. The van der Waals surface area contributed by atoms with E-state index >= 15 is 0 Å². The maximum atomic E-state index is 12.5. The lowest BCUT2D eigenvalue weighted by molar-refractivity contribution is 0.0647. The molecular weight excluding hydrogens is 408 g/mol. The van der Waals surface area contributed by atoms with Gasteiger partial charge >= 0.3 is 0 Å². The second kappa shape index (κ2) is 9.22. The van der Waals surface area contributed by atoms with E-state index in [2.05, 4.69) is 19.7 Å². The number of nitrogens with zero attached hydrogens (tertiary/aromatic N) is 6. The van der Waals surface area contributed by atoms with Crippen molar-refractivity contribution in [2.75, 3.05) is 75.4 Å². The van der Waals surface area contributed by atoms with Crippen LogP contribution in [-0.2, 0) is 4.74 Å². The topological polar surface area (TPSA) is 82.1 Å². The SMILES string of the molecule is O=C1c2ccccc2C(=O)N1CCCN1CCN(c2nccc(N3CCOCC3)n2)CC1. The Labute approximate surface area is 187 Å². The quantitative estimate of drug-likeness (QED) is 0.624. The number of ether oxygens (including phenoxy) is 1. The summed E-state index contributed by atoms with van der Waals surface area (Å²) < 4.78 is 5.43. The highest BCUT2D eigenvalue weighted by Gasteiger charge is 2.34. The zero-order chi connectivity index (χ0) is 21.9. The van der Waals surface area contributed by atoms with E-state index in [-0.39, 0.29) is 11.8 Å². The van der Waals surface area contributed by atoms with Crippen molar-refractivity contribution in [3.63, 3.8) is 0 Å². The second-order valence-electron chi connectivity index (χ2n) is 8.30. The Bertz CT molecular complexity index is 950. The van der Waals surface area contributed by atoms with E-state index in [9.17, 15) is 9.59 Å². The summed E-state index contributed by atoms with van der Waals surface area (Å²) in [4.78, 5) is 42.5. The van der Waals surface area contributed by atoms with Gasteiger partial charge in [0.1, 0.15) is 5.82 Å². The van der Waals surface area contributed by atoms with Crippen LogP contribution < -0.4 is 9.80 Å². The molecule has 168 valence electrons. The summed E-state index contributed by atoms with van der Waals surface area (Å²) in [6.45, 7) is 8.04. The summed E-state index contributed by atoms with van der Waals surface area (Å²) in [5.74, 6) is 1.39. The molecule has 0 spiro atoms. The Hall–Kier alpha value is -3.04. The smallest absolute Gasteiger partial charge is 0.261 e. The Morgan fingerprint density at radius 1 is 0.812 bits per heavy atom. The number of amides is 2. The Morgan fingerprint density at radius 2 is 1.50 bits per heavy atom. The van der Waals surface area contributed by atoms with Crippen LogP contribution in [0.2, 0.25) is 0 Å². The van der Waals surface area contributed by atoms with E-state index in [1.807, 2.05) is 12.3 Å². The number of morpholine rings is 1. The third-order valence-electron chi connectivity index (χ3n) is 6.35. The minimum Gasteiger partial charge on any atom is -0.378 e. The van der Waals surface area contributed by atoms with Crippen molar-refractivity contribution in [3.8, 4) is 0 Å². The molecule has 32 heavy (non-hydrogen) atoms. The highest BCUT2D eigenvalue weighted by atomic mass is 16.5. The van der Waals surface area contributed by atoms with Crippen LogP contribution in [0.4, 0.5) is 11.8 Å². The van der Waals surface area contributed by atoms with Crippen LogP contribution in [0, 0.1) is 0 Å². The van der Waals surface area contributed by atoms with Crippen LogP contribution in [0.1, 0.15) is 27.1 Å². The molecule has 0 atom stereocenters. The molecular formula is C23H28N6O3. The number of imide groups is 1. The highest BCUT2D eigenvalue weighted by molar-refractivity contribution is 6.21. The molecule has 0 aliphatic carbocycles. The molecule has 3 aliphatic rings. The standard InChI is InChI=1S/C23H28N6O3/c30-21-18-4-1-2-5-19(18)22(31)29(21)9-3-8-26-10-12-28(13-11-26)23-24-7-6-20(25-23)27-14-16-32-17-15-27/h1-2,4-7H,3,8-17H2. The van der Waals surface area contributed by atoms with Crippen molar-refractivity contribution in [2.45, 2.75) is 6.42 Å². The van der Waals surface area contributed by atoms with E-state index in [1.54, 1.807) is 24.3 Å². The van der Waals surface area contributed by atoms with E-state index in [1.165, 1.54) is 4.90 Å². The van der Waals surface area contributed by atoms with E-state index in [4.69, 9.17) is 9.72 Å². The van der Waals surface area contributed by atoms with Gasteiger partial charge in [-0.2, -0.15) is 4.98 Å². The molecule has 1 aromatic carbocycles. The molecule has 1 aromatic heterocycles. The van der Waals surface area contributed by atoms with Crippen molar-refractivity contribution in [1.29, 1.82) is 0 Å². The summed E-state index contributed by atoms with van der Waals surface area (Å²) in [6.07, 6.45) is 2.61. The molecule has 9 nitrogen and oxygen atoms in total. The van der Waals surface area contributed by atoms with Crippen LogP contribution >= 0.6 is 0 Å². The number of rotatable bonds is 6. The molecule has 0 unspecified atom stereocenters. The van der Waals surface area contributed by atoms with Crippen LogP contribution in [-0.4, -0.2) is 97.2 Å². The average Bonchev–Trinajstić information content (AvgIpc) is 3.10. The van der Waals surface area contributed by atoms with Crippen LogP contribution in [0.5, 0.6) is 0 Å². The molecule has 0 bridgehead atoms. The molecule has 3 aliphatic heterocycles. The number of piperazine rings is 1. The molecule has 2 amide bonds. The number of anilines is 2. The van der Waals surface area contributed by atoms with Gasteiger partial charge in [0.05, 0.1) is 24.3 Å². The maximum absolute atomic E-state index is 12.5. The van der Waals surface area contributed by atoms with Gasteiger partial charge in [0.2, 0.25) is 5.95 Å². The number of carbonyl (C=O) groups is 2. The number of benzene rings is 1. The van der Waals surface area contributed by atoms with Gasteiger partial charge in [0.25, 0.3) is 11.8 Å². The lowest BCUT2D eigenvalue weighted by Gasteiger charge is -2.35. The summed E-state index contributed by atoms with van der Waals surface area (Å²) >= 11 is 0. The van der Waals surface area contributed by atoms with Crippen molar-refractivity contribution in [3.05, 3.63) is 47.7 Å². The summed E-state index contributed by atoms with van der Waals surface area (Å²) in [5.41, 5.74) is 1.04. The van der Waals surface area contributed by atoms with Crippen LogP contribution in [0.3, 0.4) is 0 Å². The van der Waals surface area contributed by atoms with Gasteiger partial charge in [-0.3, -0.25) is 19.4 Å². The first kappa shape index (κ1) is 20.8. The second-order valence-corrected chi connectivity index (χ2v) is 8.30. The van der Waals surface area contributed by atoms with Gasteiger partial charge in [-0.25, -0.2) is 4.98 Å². The highest BCUT2D eigenvalue weighted by Crippen LogP contribution is 2.23. The number of carbonyl (C=O) groups excluding carboxylic acids is 2. The molecule has 2 fully saturated rings. The Balaban J connectivity index is 1.10. The predicted molar refractivity (Wildman–Crippen MR) is 120 cm³/mol. The fourth-order valence-electron chi connectivity index (χ4n) is 4.53. The zero-order valence-corrected chi connectivity index (χ0v) is 18.2. The molecule has 0 N–H and O–H groups in total. The number of hydrogen-bond donors (Lipinski definition) is 0. The first-order valence-corrected chi connectivity index (χ1v) is 11.3. The van der Waals surface area contributed by atoms with Gasteiger partial charge in [0, 0.05) is 52.0 Å². The van der Waals surface area contributed by atoms with Gasteiger partial charge in [-0.05, 0) is 31.2 Å². The minimum absolute atomic E-state index is 0.173. The average molecular weight is 437 g/mol. The van der Waals surface area contributed by atoms with Gasteiger partial charge in [-0.1, -0.05) is 12.1 Å². The van der Waals surface area contributed by atoms with Gasteiger partial charge in [-0.15, -0.1) is 0 Å². The largest absolute Gasteiger partial charge is 0.378 e. The molecule has 2 saturated heterocycles. The number of aromatic nitrogens is 2. The zero-order valence-electron chi connectivity index (χ0n) is 18.2. The molecule has 0 saturated carbocycles. The number of fused-ring (bicyclic) bond motifs is 1. The van der Waals surface area contributed by atoms with E-state index in [0.717, 1.165) is 77.2 Å². The molecule has 9 heteroatoms. The predicted octanol–water partition coefficient (Wildman–Crippen LogP) is 1.12. The molecule has 2 aromatic rings. The molecule has 5 rings (SSSR count). The third kappa shape index (κ3) is 4.18. The third-order valence-corrected chi connectivity index (χ3v) is 6.35. The Morgan fingerprint density at radius 3 is 2.19 bits per heavy atom.